The van der Waals surface area contributed by atoms with Crippen LogP contribution in [0.4, 0.5) is 0 Å². The Morgan fingerprint density at radius 3 is 2.55 bits per heavy atom. The van der Waals surface area contributed by atoms with Crippen molar-refractivity contribution in [2.75, 3.05) is 32.4 Å². The summed E-state index contributed by atoms with van der Waals surface area (Å²) >= 11 is 0. The van der Waals surface area contributed by atoms with Gasteiger partial charge in [-0.05, 0) is 39.0 Å². The summed E-state index contributed by atoms with van der Waals surface area (Å²) in [5, 5.41) is 3.36. The molecule has 2 atom stereocenters. The number of likely N-dealkylation sites (tertiary alicyclic amines) is 1. The minimum absolute atomic E-state index is 0.139. The maximum atomic E-state index is 12.0. The molecular weight excluding hydrogens is 270 g/mol. The third kappa shape index (κ3) is 4.76. The van der Waals surface area contributed by atoms with Gasteiger partial charge >= 0.3 is 0 Å². The van der Waals surface area contributed by atoms with Crippen molar-refractivity contribution in [2.45, 2.75) is 52.2 Å². The zero-order valence-corrected chi connectivity index (χ0v) is 14.8. The fourth-order valence-corrected chi connectivity index (χ4v) is 3.29. The summed E-state index contributed by atoms with van der Waals surface area (Å²) in [6.45, 7) is 13.5. The van der Waals surface area contributed by atoms with E-state index in [-0.39, 0.29) is 4.75 Å². The summed E-state index contributed by atoms with van der Waals surface area (Å²) in [5.74, 6) is 1.62. The van der Waals surface area contributed by atoms with E-state index in [9.17, 15) is 4.21 Å². The molecule has 118 valence electrons. The maximum absolute atomic E-state index is 12.0. The number of nitrogens with zero attached hydrogens (tertiary/aromatic N) is 2. The molecule has 4 nitrogen and oxygen atoms in total. The number of aliphatic imine (C=N–C) groups is 1. The van der Waals surface area contributed by atoms with Crippen molar-refractivity contribution in [1.82, 2.24) is 10.2 Å². The molecule has 1 saturated heterocycles. The van der Waals surface area contributed by atoms with E-state index >= 15 is 0 Å². The highest BCUT2D eigenvalue weighted by atomic mass is 32.2. The highest BCUT2D eigenvalue weighted by Gasteiger charge is 2.33. The summed E-state index contributed by atoms with van der Waals surface area (Å²) in [5.41, 5.74) is 0.409. The first-order valence-corrected chi connectivity index (χ1v) is 8.88. The highest BCUT2D eigenvalue weighted by Crippen LogP contribution is 2.32. The Morgan fingerprint density at radius 2 is 2.10 bits per heavy atom. The first-order valence-electron chi connectivity index (χ1n) is 7.56. The first-order chi connectivity index (χ1) is 9.22. The Kier molecular flexibility index (Phi) is 6.05. The van der Waals surface area contributed by atoms with E-state index in [1.807, 2.05) is 27.8 Å². The molecule has 0 bridgehead atoms. The second kappa shape index (κ2) is 6.92. The molecule has 0 spiro atoms. The van der Waals surface area contributed by atoms with Gasteiger partial charge in [0.15, 0.2) is 5.96 Å². The van der Waals surface area contributed by atoms with E-state index in [0.717, 1.165) is 25.6 Å². The van der Waals surface area contributed by atoms with Gasteiger partial charge in [-0.15, -0.1) is 0 Å². The summed E-state index contributed by atoms with van der Waals surface area (Å²) in [7, 11) is 1.01. The Hall–Kier alpha value is -0.580. The second-order valence-electron chi connectivity index (χ2n) is 6.97. The Labute approximate surface area is 126 Å². The molecule has 0 aromatic rings. The number of nitrogens with one attached hydrogen (secondary N) is 1. The minimum atomic E-state index is -0.810. The molecule has 0 aromatic carbocycles. The Bertz CT molecular complexity index is 376. The molecule has 0 aliphatic carbocycles. The van der Waals surface area contributed by atoms with E-state index in [4.69, 9.17) is 0 Å². The quantitative estimate of drug-likeness (QED) is 0.640. The Balaban J connectivity index is 2.45. The SMILES string of the molecule is CCC1(C)CCN(C(=NC)NCCS(=O)C(C)(C)C)C1. The van der Waals surface area contributed by atoms with Gasteiger partial charge in [-0.1, -0.05) is 13.8 Å². The van der Waals surface area contributed by atoms with Crippen LogP contribution in [0.3, 0.4) is 0 Å². The molecule has 1 rings (SSSR count). The van der Waals surface area contributed by atoms with Gasteiger partial charge in [-0.3, -0.25) is 9.20 Å². The molecule has 0 aromatic heterocycles. The van der Waals surface area contributed by atoms with Gasteiger partial charge in [0, 0.05) is 48.0 Å². The summed E-state index contributed by atoms with van der Waals surface area (Å²) < 4.78 is 11.9. The molecule has 5 heteroatoms. The molecule has 20 heavy (non-hydrogen) atoms. The lowest BCUT2D eigenvalue weighted by molar-refractivity contribution is 0.322. The molecule has 0 radical (unpaired) electrons. The Morgan fingerprint density at radius 1 is 1.45 bits per heavy atom. The van der Waals surface area contributed by atoms with Crippen molar-refractivity contribution in [3.05, 3.63) is 0 Å². The standard InChI is InChI=1S/C15H31N3OS/c1-7-15(5)8-10-18(12-15)13(16-6)17-9-11-20(19)14(2,3)4/h7-12H2,1-6H3,(H,16,17). The molecule has 1 aliphatic heterocycles. The average Bonchev–Trinajstić information content (AvgIpc) is 2.76. The fourth-order valence-electron chi connectivity index (χ4n) is 2.39. The predicted octanol–water partition coefficient (Wildman–Crippen LogP) is 2.23. The van der Waals surface area contributed by atoms with Crippen LogP contribution in [0, 0.1) is 5.41 Å². The van der Waals surface area contributed by atoms with Crippen LogP contribution in [-0.4, -0.2) is 52.3 Å². The van der Waals surface area contributed by atoms with Crippen LogP contribution in [0.1, 0.15) is 47.5 Å². The molecule has 1 aliphatic rings. The largest absolute Gasteiger partial charge is 0.355 e. The van der Waals surface area contributed by atoms with Gasteiger partial charge in [-0.2, -0.15) is 0 Å². The smallest absolute Gasteiger partial charge is 0.193 e. The van der Waals surface area contributed by atoms with E-state index in [1.165, 1.54) is 12.8 Å². The van der Waals surface area contributed by atoms with Crippen LogP contribution < -0.4 is 5.32 Å². The number of rotatable bonds is 4. The van der Waals surface area contributed by atoms with Gasteiger partial charge in [0.05, 0.1) is 0 Å². The number of hydrogen-bond donors (Lipinski definition) is 1. The van der Waals surface area contributed by atoms with Crippen molar-refractivity contribution >= 4 is 16.8 Å². The summed E-state index contributed by atoms with van der Waals surface area (Å²) in [6, 6.07) is 0. The second-order valence-corrected chi connectivity index (χ2v) is 9.30. The normalized spacial score (nSPS) is 25.9. The van der Waals surface area contributed by atoms with Gasteiger partial charge in [0.1, 0.15) is 0 Å². The van der Waals surface area contributed by atoms with E-state index in [2.05, 4.69) is 29.1 Å². The molecule has 1 fully saturated rings. The monoisotopic (exact) mass is 301 g/mol. The van der Waals surface area contributed by atoms with Gasteiger partial charge < -0.3 is 10.2 Å². The van der Waals surface area contributed by atoms with Crippen molar-refractivity contribution in [3.8, 4) is 0 Å². The lowest BCUT2D eigenvalue weighted by Crippen LogP contribution is -2.43. The lowest BCUT2D eigenvalue weighted by Gasteiger charge is -2.25. The van der Waals surface area contributed by atoms with Gasteiger partial charge in [0.25, 0.3) is 0 Å². The molecule has 0 amide bonds. The third-order valence-corrected chi connectivity index (χ3v) is 6.12. The molecular formula is C15H31N3OS. The van der Waals surface area contributed by atoms with Crippen molar-refractivity contribution in [3.63, 3.8) is 0 Å². The van der Waals surface area contributed by atoms with Gasteiger partial charge in [-0.25, -0.2) is 0 Å². The molecule has 0 saturated carbocycles. The third-order valence-electron chi connectivity index (χ3n) is 4.18. The van der Waals surface area contributed by atoms with Crippen molar-refractivity contribution in [1.29, 1.82) is 0 Å². The zero-order valence-electron chi connectivity index (χ0n) is 14.0. The minimum Gasteiger partial charge on any atom is -0.355 e. The molecule has 2 unspecified atom stereocenters. The average molecular weight is 302 g/mol. The van der Waals surface area contributed by atoms with Gasteiger partial charge in [0.2, 0.25) is 0 Å². The van der Waals surface area contributed by atoms with Crippen LogP contribution in [0.15, 0.2) is 4.99 Å². The number of guanidine groups is 1. The summed E-state index contributed by atoms with van der Waals surface area (Å²) in [4.78, 5) is 6.68. The summed E-state index contributed by atoms with van der Waals surface area (Å²) in [6.07, 6.45) is 2.42. The van der Waals surface area contributed by atoms with Crippen molar-refractivity contribution < 1.29 is 4.21 Å². The lowest BCUT2D eigenvalue weighted by atomic mass is 9.87. The first kappa shape index (κ1) is 17.5. The molecule has 1 N–H and O–H groups in total. The van der Waals surface area contributed by atoms with Crippen LogP contribution in [0.25, 0.3) is 0 Å². The van der Waals surface area contributed by atoms with E-state index < -0.39 is 10.8 Å². The zero-order chi connectivity index (χ0) is 15.4. The van der Waals surface area contributed by atoms with E-state index in [0.29, 0.717) is 11.2 Å². The van der Waals surface area contributed by atoms with Crippen LogP contribution >= 0.6 is 0 Å². The topological polar surface area (TPSA) is 44.7 Å². The number of hydrogen-bond acceptors (Lipinski definition) is 2. The maximum Gasteiger partial charge on any atom is 0.193 e. The van der Waals surface area contributed by atoms with Crippen LogP contribution in [-0.2, 0) is 10.8 Å². The highest BCUT2D eigenvalue weighted by molar-refractivity contribution is 7.86. The molecule has 1 heterocycles. The van der Waals surface area contributed by atoms with E-state index in [1.54, 1.807) is 0 Å². The fraction of sp³-hybridized carbons (Fsp3) is 0.933. The van der Waals surface area contributed by atoms with Crippen LogP contribution in [0.5, 0.6) is 0 Å². The van der Waals surface area contributed by atoms with Crippen molar-refractivity contribution in [2.24, 2.45) is 10.4 Å². The predicted molar refractivity (Wildman–Crippen MR) is 88.7 cm³/mol. The van der Waals surface area contributed by atoms with Crippen LogP contribution in [0.2, 0.25) is 0 Å².